The highest BCUT2D eigenvalue weighted by atomic mass is 35.5. The van der Waals surface area contributed by atoms with Gasteiger partial charge in [-0.3, -0.25) is 4.90 Å². The molecule has 0 unspecified atom stereocenters. The Morgan fingerprint density at radius 3 is 2.25 bits per heavy atom. The van der Waals surface area contributed by atoms with Gasteiger partial charge in [-0.25, -0.2) is 0 Å². The number of piperidine rings is 1. The second kappa shape index (κ2) is 7.45. The van der Waals surface area contributed by atoms with Gasteiger partial charge < -0.3 is 15.3 Å². The van der Waals surface area contributed by atoms with E-state index in [0.29, 0.717) is 6.54 Å². The average Bonchev–Trinajstić information content (AvgIpc) is 2.23. The molecular formula is C11H24ClNO3. The number of hydrogen-bond donors (Lipinski definition) is 3. The minimum Gasteiger partial charge on any atom is -0.389 e. The highest BCUT2D eigenvalue weighted by Crippen LogP contribution is 2.21. The largest absolute Gasteiger partial charge is 0.389 e. The smallest absolute Gasteiger partial charge is 0.108 e. The van der Waals surface area contributed by atoms with E-state index < -0.39 is 18.3 Å². The highest BCUT2D eigenvalue weighted by molar-refractivity contribution is 5.85. The first-order valence-corrected chi connectivity index (χ1v) is 5.90. The van der Waals surface area contributed by atoms with Crippen LogP contribution in [0.3, 0.4) is 0 Å². The van der Waals surface area contributed by atoms with Gasteiger partial charge in [0.2, 0.25) is 0 Å². The first-order valence-electron chi connectivity index (χ1n) is 5.90. The van der Waals surface area contributed by atoms with Crippen molar-refractivity contribution in [1.82, 2.24) is 4.90 Å². The van der Waals surface area contributed by atoms with Crippen LogP contribution in [0, 0.1) is 0 Å². The zero-order chi connectivity index (χ0) is 11.4. The maximum Gasteiger partial charge on any atom is 0.108 e. The molecule has 1 aliphatic rings. The number of likely N-dealkylation sites (tertiary alicyclic amines) is 1. The van der Waals surface area contributed by atoms with Gasteiger partial charge in [-0.1, -0.05) is 20.3 Å². The van der Waals surface area contributed by atoms with Gasteiger partial charge in [0, 0.05) is 12.6 Å². The van der Waals surface area contributed by atoms with Crippen LogP contribution in [0.5, 0.6) is 0 Å². The zero-order valence-electron chi connectivity index (χ0n) is 10.0. The molecule has 0 aromatic carbocycles. The minimum atomic E-state index is -0.993. The molecule has 5 heteroatoms. The van der Waals surface area contributed by atoms with Crippen LogP contribution in [0.4, 0.5) is 0 Å². The Labute approximate surface area is 104 Å². The van der Waals surface area contributed by atoms with E-state index >= 15 is 0 Å². The molecule has 1 heterocycles. The minimum absolute atomic E-state index is 0. The first kappa shape index (κ1) is 16.1. The molecule has 0 aliphatic carbocycles. The summed E-state index contributed by atoms with van der Waals surface area (Å²) in [4.78, 5) is 2.09. The summed E-state index contributed by atoms with van der Waals surface area (Å²) in [5, 5.41) is 29.0. The van der Waals surface area contributed by atoms with Crippen molar-refractivity contribution in [3.05, 3.63) is 0 Å². The molecule has 1 saturated heterocycles. The van der Waals surface area contributed by atoms with Crippen molar-refractivity contribution in [2.75, 3.05) is 13.1 Å². The van der Waals surface area contributed by atoms with Crippen LogP contribution in [-0.4, -0.2) is 57.7 Å². The number of aliphatic hydroxyl groups excluding tert-OH is 3. The normalized spacial score (nSPS) is 35.8. The monoisotopic (exact) mass is 253 g/mol. The van der Waals surface area contributed by atoms with E-state index in [1.54, 1.807) is 0 Å². The van der Waals surface area contributed by atoms with Gasteiger partial charge in [0.25, 0.3) is 0 Å². The number of hydrogen-bond acceptors (Lipinski definition) is 4. The lowest BCUT2D eigenvalue weighted by atomic mass is 9.92. The van der Waals surface area contributed by atoms with Crippen LogP contribution in [0.15, 0.2) is 0 Å². The molecule has 0 radical (unpaired) electrons. The molecule has 4 atom stereocenters. The van der Waals surface area contributed by atoms with Crippen LogP contribution in [0.1, 0.15) is 33.1 Å². The SMILES string of the molecule is CCCCN1C[C@H](O)[C@@H](O)[C@@H](O)[C@H]1CC.Cl. The standard InChI is InChI=1S/C11H23NO3.ClH/c1-3-5-6-12-7-9(13)11(15)10(14)8(12)4-2;/h8-11,13-15H,3-7H2,1-2H3;1H/t8-,9+,10+,11-;/m1./s1. The summed E-state index contributed by atoms with van der Waals surface area (Å²) in [5.41, 5.74) is 0. The number of nitrogens with zero attached hydrogens (tertiary/aromatic N) is 1. The molecule has 0 saturated carbocycles. The number of aliphatic hydroxyl groups is 3. The van der Waals surface area contributed by atoms with E-state index in [4.69, 9.17) is 0 Å². The van der Waals surface area contributed by atoms with Crippen molar-refractivity contribution >= 4 is 12.4 Å². The molecule has 0 aromatic rings. The van der Waals surface area contributed by atoms with Crippen molar-refractivity contribution in [2.45, 2.75) is 57.5 Å². The number of unbranched alkanes of at least 4 members (excludes halogenated alkanes) is 1. The Hall–Kier alpha value is 0.130. The van der Waals surface area contributed by atoms with Crippen molar-refractivity contribution in [3.8, 4) is 0 Å². The lowest BCUT2D eigenvalue weighted by Gasteiger charge is -2.43. The Balaban J connectivity index is 0.00000225. The molecule has 1 rings (SSSR count). The van der Waals surface area contributed by atoms with Crippen molar-refractivity contribution < 1.29 is 15.3 Å². The Morgan fingerprint density at radius 2 is 1.75 bits per heavy atom. The van der Waals surface area contributed by atoms with E-state index in [2.05, 4.69) is 11.8 Å². The number of β-amino-alcohol motifs (C(OH)–C–C–N with tert-alkyl or cyclic N) is 1. The molecule has 3 N–H and O–H groups in total. The Kier molecular flexibility index (Phi) is 7.52. The fraction of sp³-hybridized carbons (Fsp3) is 1.00. The van der Waals surface area contributed by atoms with Gasteiger partial charge in [0.1, 0.15) is 6.10 Å². The van der Waals surface area contributed by atoms with Crippen LogP contribution in [0.2, 0.25) is 0 Å². The number of rotatable bonds is 4. The third-order valence-electron chi connectivity index (χ3n) is 3.25. The Bertz CT molecular complexity index is 194. The van der Waals surface area contributed by atoms with Crippen molar-refractivity contribution in [3.63, 3.8) is 0 Å². The van der Waals surface area contributed by atoms with Gasteiger partial charge in [-0.2, -0.15) is 0 Å². The molecule has 0 bridgehead atoms. The van der Waals surface area contributed by atoms with E-state index in [-0.39, 0.29) is 18.4 Å². The second-order valence-corrected chi connectivity index (χ2v) is 4.37. The summed E-state index contributed by atoms with van der Waals surface area (Å²) in [6.45, 7) is 5.47. The van der Waals surface area contributed by atoms with Gasteiger partial charge >= 0.3 is 0 Å². The van der Waals surface area contributed by atoms with E-state index in [1.165, 1.54) is 0 Å². The number of halogens is 1. The highest BCUT2D eigenvalue weighted by Gasteiger charge is 2.39. The average molecular weight is 254 g/mol. The summed E-state index contributed by atoms with van der Waals surface area (Å²) >= 11 is 0. The third kappa shape index (κ3) is 3.57. The quantitative estimate of drug-likeness (QED) is 0.678. The van der Waals surface area contributed by atoms with Gasteiger partial charge in [0.15, 0.2) is 0 Å². The molecule has 4 nitrogen and oxygen atoms in total. The zero-order valence-corrected chi connectivity index (χ0v) is 10.9. The summed E-state index contributed by atoms with van der Waals surface area (Å²) in [6, 6.07) is -0.0186. The lowest BCUT2D eigenvalue weighted by Crippen LogP contribution is -2.61. The third-order valence-corrected chi connectivity index (χ3v) is 3.25. The first-order chi connectivity index (χ1) is 7.11. The molecule has 16 heavy (non-hydrogen) atoms. The molecule has 0 amide bonds. The predicted octanol–water partition coefficient (Wildman–Crippen LogP) is 0.385. The molecule has 1 fully saturated rings. The second-order valence-electron chi connectivity index (χ2n) is 4.37. The van der Waals surface area contributed by atoms with Gasteiger partial charge in [-0.15, -0.1) is 12.4 Å². The molecule has 0 aromatic heterocycles. The maximum absolute atomic E-state index is 9.83. The van der Waals surface area contributed by atoms with Crippen molar-refractivity contribution in [2.24, 2.45) is 0 Å². The fourth-order valence-corrected chi connectivity index (χ4v) is 2.27. The topological polar surface area (TPSA) is 63.9 Å². The van der Waals surface area contributed by atoms with Crippen LogP contribution >= 0.6 is 12.4 Å². The fourth-order valence-electron chi connectivity index (χ4n) is 2.27. The molecule has 0 spiro atoms. The maximum atomic E-state index is 9.83. The van der Waals surface area contributed by atoms with Crippen LogP contribution in [0.25, 0.3) is 0 Å². The molecular weight excluding hydrogens is 230 g/mol. The Morgan fingerprint density at radius 1 is 1.12 bits per heavy atom. The van der Waals surface area contributed by atoms with E-state index in [1.807, 2.05) is 6.92 Å². The summed E-state index contributed by atoms with van der Waals surface area (Å²) in [6.07, 6.45) is 0.325. The molecule has 98 valence electrons. The van der Waals surface area contributed by atoms with Crippen molar-refractivity contribution in [1.29, 1.82) is 0 Å². The van der Waals surface area contributed by atoms with Crippen LogP contribution < -0.4 is 0 Å². The van der Waals surface area contributed by atoms with Gasteiger partial charge in [0.05, 0.1) is 12.2 Å². The summed E-state index contributed by atoms with van der Waals surface area (Å²) in [5.74, 6) is 0. The summed E-state index contributed by atoms with van der Waals surface area (Å²) < 4.78 is 0. The van der Waals surface area contributed by atoms with Crippen LogP contribution in [-0.2, 0) is 0 Å². The predicted molar refractivity (Wildman–Crippen MR) is 65.8 cm³/mol. The summed E-state index contributed by atoms with van der Waals surface area (Å²) in [7, 11) is 0. The molecule has 1 aliphatic heterocycles. The lowest BCUT2D eigenvalue weighted by molar-refractivity contribution is -0.137. The van der Waals surface area contributed by atoms with E-state index in [0.717, 1.165) is 25.8 Å². The van der Waals surface area contributed by atoms with Gasteiger partial charge in [-0.05, 0) is 19.4 Å². The van der Waals surface area contributed by atoms with E-state index in [9.17, 15) is 15.3 Å².